The highest BCUT2D eigenvalue weighted by Gasteiger charge is 2.13. The van der Waals surface area contributed by atoms with E-state index < -0.39 is 0 Å². The fraction of sp³-hybridized carbons (Fsp3) is 0.500. The number of halogens is 1. The normalized spacial score (nSPS) is 12.6. The Balaban J connectivity index is 2.00. The van der Waals surface area contributed by atoms with E-state index in [9.17, 15) is 0 Å². The van der Waals surface area contributed by atoms with Gasteiger partial charge in [-0.25, -0.2) is 0 Å². The molecule has 0 aliphatic carbocycles. The second-order valence-electron chi connectivity index (χ2n) is 4.88. The SMILES string of the molecule is CCCNC(Cc1ccc(Cl)cc1)Cc1nnn(C)n1. The number of hydrogen-bond acceptors (Lipinski definition) is 4. The van der Waals surface area contributed by atoms with Crippen LogP contribution in [0.1, 0.15) is 24.7 Å². The first-order valence-corrected chi connectivity index (χ1v) is 7.26. The van der Waals surface area contributed by atoms with Crippen LogP contribution in [-0.2, 0) is 19.9 Å². The van der Waals surface area contributed by atoms with Crippen LogP contribution in [0, 0.1) is 0 Å². The van der Waals surface area contributed by atoms with Gasteiger partial charge in [0, 0.05) is 17.5 Å². The summed E-state index contributed by atoms with van der Waals surface area (Å²) in [5.74, 6) is 0.773. The third-order valence-corrected chi connectivity index (χ3v) is 3.31. The van der Waals surface area contributed by atoms with Crippen LogP contribution in [0.25, 0.3) is 0 Å². The lowest BCUT2D eigenvalue weighted by Crippen LogP contribution is -2.34. The predicted molar refractivity (Wildman–Crippen MR) is 79.7 cm³/mol. The van der Waals surface area contributed by atoms with E-state index in [0.29, 0.717) is 6.04 Å². The van der Waals surface area contributed by atoms with Gasteiger partial charge in [-0.2, -0.15) is 4.80 Å². The highest BCUT2D eigenvalue weighted by Crippen LogP contribution is 2.12. The summed E-state index contributed by atoms with van der Waals surface area (Å²) >= 11 is 5.92. The zero-order chi connectivity index (χ0) is 14.4. The molecule has 20 heavy (non-hydrogen) atoms. The molecule has 2 rings (SSSR count). The zero-order valence-corrected chi connectivity index (χ0v) is 12.6. The van der Waals surface area contributed by atoms with Crippen molar-refractivity contribution in [2.75, 3.05) is 6.54 Å². The first kappa shape index (κ1) is 14.9. The van der Waals surface area contributed by atoms with Gasteiger partial charge in [0.15, 0.2) is 5.82 Å². The first-order valence-electron chi connectivity index (χ1n) is 6.88. The quantitative estimate of drug-likeness (QED) is 0.848. The number of nitrogens with zero attached hydrogens (tertiary/aromatic N) is 4. The molecule has 6 heteroatoms. The minimum atomic E-state index is 0.306. The minimum absolute atomic E-state index is 0.306. The predicted octanol–water partition coefficient (Wildman–Crippen LogP) is 2.02. The summed E-state index contributed by atoms with van der Waals surface area (Å²) in [6.45, 7) is 3.14. The third kappa shape index (κ3) is 4.58. The number of aromatic nitrogens is 4. The van der Waals surface area contributed by atoms with E-state index in [4.69, 9.17) is 11.6 Å². The Morgan fingerprint density at radius 1 is 1.25 bits per heavy atom. The Morgan fingerprint density at radius 2 is 2.00 bits per heavy atom. The summed E-state index contributed by atoms with van der Waals surface area (Å²) in [4.78, 5) is 1.49. The third-order valence-electron chi connectivity index (χ3n) is 3.06. The summed E-state index contributed by atoms with van der Waals surface area (Å²) < 4.78 is 0. The second kappa shape index (κ2) is 7.36. The van der Waals surface area contributed by atoms with Crippen molar-refractivity contribution in [2.24, 2.45) is 7.05 Å². The van der Waals surface area contributed by atoms with Crippen LogP contribution in [0.15, 0.2) is 24.3 Å². The van der Waals surface area contributed by atoms with E-state index >= 15 is 0 Å². The highest BCUT2D eigenvalue weighted by molar-refractivity contribution is 6.30. The van der Waals surface area contributed by atoms with Crippen molar-refractivity contribution in [3.05, 3.63) is 40.7 Å². The van der Waals surface area contributed by atoms with E-state index in [1.807, 2.05) is 12.1 Å². The van der Waals surface area contributed by atoms with Gasteiger partial charge in [-0.3, -0.25) is 0 Å². The van der Waals surface area contributed by atoms with E-state index in [2.05, 4.69) is 39.8 Å². The molecule has 0 fully saturated rings. The van der Waals surface area contributed by atoms with Crippen molar-refractivity contribution < 1.29 is 0 Å². The topological polar surface area (TPSA) is 55.6 Å². The molecule has 0 saturated carbocycles. The number of benzene rings is 1. The summed E-state index contributed by atoms with van der Waals surface area (Å²) in [6.07, 6.45) is 2.80. The Morgan fingerprint density at radius 3 is 2.60 bits per heavy atom. The van der Waals surface area contributed by atoms with Gasteiger partial charge in [-0.1, -0.05) is 30.7 Å². The zero-order valence-electron chi connectivity index (χ0n) is 11.9. The van der Waals surface area contributed by atoms with Gasteiger partial charge in [0.2, 0.25) is 0 Å². The molecule has 1 aromatic carbocycles. The van der Waals surface area contributed by atoms with Crippen molar-refractivity contribution in [1.29, 1.82) is 0 Å². The van der Waals surface area contributed by atoms with Crippen LogP contribution in [0.5, 0.6) is 0 Å². The van der Waals surface area contributed by atoms with Crippen LogP contribution in [0.3, 0.4) is 0 Å². The molecule has 108 valence electrons. The van der Waals surface area contributed by atoms with Gasteiger partial charge in [0.1, 0.15) is 0 Å². The van der Waals surface area contributed by atoms with Gasteiger partial charge >= 0.3 is 0 Å². The number of nitrogens with one attached hydrogen (secondary N) is 1. The van der Waals surface area contributed by atoms with Crippen LogP contribution >= 0.6 is 11.6 Å². The first-order chi connectivity index (χ1) is 9.67. The molecule has 1 heterocycles. The number of tetrazole rings is 1. The van der Waals surface area contributed by atoms with Crippen LogP contribution in [-0.4, -0.2) is 32.8 Å². The van der Waals surface area contributed by atoms with Crippen LogP contribution < -0.4 is 5.32 Å². The van der Waals surface area contributed by atoms with Crippen LogP contribution in [0.2, 0.25) is 5.02 Å². The van der Waals surface area contributed by atoms with Gasteiger partial charge < -0.3 is 5.32 Å². The Kier molecular flexibility index (Phi) is 5.49. The molecule has 1 atom stereocenters. The van der Waals surface area contributed by atoms with Gasteiger partial charge in [0.25, 0.3) is 0 Å². The molecule has 1 aromatic heterocycles. The molecule has 0 spiro atoms. The van der Waals surface area contributed by atoms with Gasteiger partial charge in [-0.05, 0) is 42.3 Å². The van der Waals surface area contributed by atoms with Crippen LogP contribution in [0.4, 0.5) is 0 Å². The second-order valence-corrected chi connectivity index (χ2v) is 5.32. The summed E-state index contributed by atoms with van der Waals surface area (Å²) in [6, 6.07) is 8.28. The van der Waals surface area contributed by atoms with Crippen molar-refractivity contribution >= 4 is 11.6 Å². The van der Waals surface area contributed by atoms with E-state index in [-0.39, 0.29) is 0 Å². The average Bonchev–Trinajstić information content (AvgIpc) is 2.84. The molecule has 0 bridgehead atoms. The average molecular weight is 294 g/mol. The fourth-order valence-corrected chi connectivity index (χ4v) is 2.22. The maximum absolute atomic E-state index is 5.92. The number of rotatable bonds is 7. The molecular formula is C14H20ClN5. The maximum atomic E-state index is 5.92. The summed E-state index contributed by atoms with van der Waals surface area (Å²) in [7, 11) is 1.78. The monoisotopic (exact) mass is 293 g/mol. The van der Waals surface area contributed by atoms with Crippen molar-refractivity contribution in [2.45, 2.75) is 32.2 Å². The largest absolute Gasteiger partial charge is 0.313 e. The smallest absolute Gasteiger partial charge is 0.176 e. The molecule has 0 aliphatic rings. The summed E-state index contributed by atoms with van der Waals surface area (Å²) in [5, 5.41) is 16.5. The summed E-state index contributed by atoms with van der Waals surface area (Å²) in [5.41, 5.74) is 1.26. The van der Waals surface area contributed by atoms with Crippen molar-refractivity contribution in [1.82, 2.24) is 25.5 Å². The van der Waals surface area contributed by atoms with E-state index in [1.54, 1.807) is 7.05 Å². The lowest BCUT2D eigenvalue weighted by Gasteiger charge is -2.17. The maximum Gasteiger partial charge on any atom is 0.176 e. The van der Waals surface area contributed by atoms with E-state index in [1.165, 1.54) is 10.4 Å². The molecule has 1 N–H and O–H groups in total. The van der Waals surface area contributed by atoms with Crippen molar-refractivity contribution in [3.8, 4) is 0 Å². The minimum Gasteiger partial charge on any atom is -0.313 e. The van der Waals surface area contributed by atoms with Gasteiger partial charge in [0.05, 0.1) is 7.05 Å². The van der Waals surface area contributed by atoms with Crippen molar-refractivity contribution in [3.63, 3.8) is 0 Å². The Bertz CT molecular complexity index is 523. The lowest BCUT2D eigenvalue weighted by molar-refractivity contribution is 0.494. The Hall–Kier alpha value is -1.46. The molecular weight excluding hydrogens is 274 g/mol. The fourth-order valence-electron chi connectivity index (χ4n) is 2.10. The molecule has 5 nitrogen and oxygen atoms in total. The molecule has 0 saturated heterocycles. The molecule has 0 amide bonds. The lowest BCUT2D eigenvalue weighted by atomic mass is 10.0. The van der Waals surface area contributed by atoms with Gasteiger partial charge in [-0.15, -0.1) is 10.2 Å². The molecule has 0 radical (unpaired) electrons. The van der Waals surface area contributed by atoms with E-state index in [0.717, 1.165) is 36.7 Å². The molecule has 0 aliphatic heterocycles. The Labute approximate surface area is 124 Å². The molecule has 1 unspecified atom stereocenters. The highest BCUT2D eigenvalue weighted by atomic mass is 35.5. The number of aryl methyl sites for hydroxylation is 1. The molecule has 2 aromatic rings. The standard InChI is InChI=1S/C14H20ClN5/c1-3-8-16-13(10-14-17-19-20(2)18-14)9-11-4-6-12(15)7-5-11/h4-7,13,16H,3,8-10H2,1-2H3. The number of hydrogen-bond donors (Lipinski definition) is 1.